The SMILES string of the molecule is CCCCCC(=N\c1cc(CC)cc(CC)c1)/C(CCCC)=N/c1cc(CC)cc(CC)c1.[Pd]. The summed E-state index contributed by atoms with van der Waals surface area (Å²) in [5.74, 6) is 0. The van der Waals surface area contributed by atoms with Crippen LogP contribution < -0.4 is 0 Å². The smallest absolute Gasteiger partial charge is 0.0639 e. The largest absolute Gasteiger partial charge is 0.252 e. The molecule has 0 saturated carbocycles. The molecule has 2 aromatic carbocycles. The van der Waals surface area contributed by atoms with Gasteiger partial charge in [0.2, 0.25) is 0 Å². The van der Waals surface area contributed by atoms with E-state index in [0.717, 1.165) is 56.3 Å². The third kappa shape index (κ3) is 9.97. The molecule has 2 rings (SSSR count). The Labute approximate surface area is 223 Å². The van der Waals surface area contributed by atoms with Gasteiger partial charge in [0.1, 0.15) is 0 Å². The summed E-state index contributed by atoms with van der Waals surface area (Å²) in [6.45, 7) is 13.4. The third-order valence-corrected chi connectivity index (χ3v) is 6.35. The summed E-state index contributed by atoms with van der Waals surface area (Å²) >= 11 is 0. The van der Waals surface area contributed by atoms with Gasteiger partial charge in [-0.2, -0.15) is 0 Å². The summed E-state index contributed by atoms with van der Waals surface area (Å²) in [5.41, 5.74) is 10.0. The fourth-order valence-electron chi connectivity index (χ4n) is 4.16. The second-order valence-electron chi connectivity index (χ2n) is 9.11. The number of hydrogen-bond acceptors (Lipinski definition) is 2. The van der Waals surface area contributed by atoms with E-state index in [1.165, 1.54) is 59.4 Å². The quantitative estimate of drug-likeness (QED) is 0.127. The van der Waals surface area contributed by atoms with Gasteiger partial charge in [0.15, 0.2) is 0 Å². The average Bonchev–Trinajstić information content (AvgIpc) is 2.85. The first-order chi connectivity index (χ1) is 16.1. The molecule has 34 heavy (non-hydrogen) atoms. The van der Waals surface area contributed by atoms with Gasteiger partial charge >= 0.3 is 0 Å². The summed E-state index contributed by atoms with van der Waals surface area (Å²) in [6.07, 6.45) is 12.1. The number of benzene rings is 2. The molecule has 0 aliphatic carbocycles. The Balaban J connectivity index is 0.00000578. The van der Waals surface area contributed by atoms with Crippen molar-refractivity contribution in [1.29, 1.82) is 0 Å². The fourth-order valence-corrected chi connectivity index (χ4v) is 4.16. The molecule has 0 heterocycles. The van der Waals surface area contributed by atoms with Crippen LogP contribution in [0.25, 0.3) is 0 Å². The van der Waals surface area contributed by atoms with Crippen LogP contribution in [0.5, 0.6) is 0 Å². The van der Waals surface area contributed by atoms with E-state index in [9.17, 15) is 0 Å². The molecule has 0 fully saturated rings. The third-order valence-electron chi connectivity index (χ3n) is 6.35. The summed E-state index contributed by atoms with van der Waals surface area (Å²) in [5, 5.41) is 0. The molecule has 3 heteroatoms. The first kappa shape index (κ1) is 30.5. The van der Waals surface area contributed by atoms with Crippen LogP contribution in [0.1, 0.15) is 109 Å². The monoisotopic (exact) mass is 552 g/mol. The van der Waals surface area contributed by atoms with E-state index in [2.05, 4.69) is 77.9 Å². The molecule has 190 valence electrons. The van der Waals surface area contributed by atoms with Crippen molar-refractivity contribution in [2.75, 3.05) is 0 Å². The van der Waals surface area contributed by atoms with Gasteiger partial charge in [0.25, 0.3) is 0 Å². The molecule has 0 atom stereocenters. The zero-order valence-corrected chi connectivity index (χ0v) is 24.0. The minimum Gasteiger partial charge on any atom is -0.252 e. The number of aliphatic imine (C=N–C) groups is 2. The molecule has 0 N–H and O–H groups in total. The van der Waals surface area contributed by atoms with Gasteiger partial charge < -0.3 is 0 Å². The Hall–Kier alpha value is -1.56. The minimum atomic E-state index is 0. The van der Waals surface area contributed by atoms with Crippen LogP contribution >= 0.6 is 0 Å². The van der Waals surface area contributed by atoms with Crippen molar-refractivity contribution in [2.45, 2.75) is 112 Å². The van der Waals surface area contributed by atoms with Gasteiger partial charge in [-0.05, 0) is 97.9 Å². The number of unbranched alkanes of at least 4 members (excludes halogenated alkanes) is 3. The zero-order valence-electron chi connectivity index (χ0n) is 22.5. The van der Waals surface area contributed by atoms with Crippen LogP contribution in [0.15, 0.2) is 46.4 Å². The Bertz CT molecular complexity index is 883. The maximum absolute atomic E-state index is 5.27. The summed E-state index contributed by atoms with van der Waals surface area (Å²) in [6, 6.07) is 13.7. The van der Waals surface area contributed by atoms with Crippen molar-refractivity contribution >= 4 is 22.8 Å². The molecule has 0 saturated heterocycles. The van der Waals surface area contributed by atoms with E-state index in [1.54, 1.807) is 0 Å². The minimum absolute atomic E-state index is 0. The van der Waals surface area contributed by atoms with Crippen molar-refractivity contribution in [2.24, 2.45) is 9.98 Å². The molecule has 0 aliphatic rings. The second-order valence-corrected chi connectivity index (χ2v) is 9.11. The Morgan fingerprint density at radius 2 is 0.853 bits per heavy atom. The van der Waals surface area contributed by atoms with Crippen molar-refractivity contribution in [3.8, 4) is 0 Å². The fraction of sp³-hybridized carbons (Fsp3) is 0.548. The van der Waals surface area contributed by atoms with Gasteiger partial charge in [-0.3, -0.25) is 9.98 Å². The van der Waals surface area contributed by atoms with Gasteiger partial charge in [-0.25, -0.2) is 0 Å². The molecular weight excluding hydrogens is 507 g/mol. The Morgan fingerprint density at radius 1 is 0.500 bits per heavy atom. The van der Waals surface area contributed by atoms with Crippen molar-refractivity contribution < 1.29 is 20.4 Å². The topological polar surface area (TPSA) is 24.7 Å². The molecule has 0 spiro atoms. The van der Waals surface area contributed by atoms with Gasteiger partial charge in [-0.15, -0.1) is 0 Å². The number of aryl methyl sites for hydroxylation is 4. The van der Waals surface area contributed by atoms with Crippen LogP contribution in [0.4, 0.5) is 11.4 Å². The van der Waals surface area contributed by atoms with Crippen LogP contribution in [0.2, 0.25) is 0 Å². The van der Waals surface area contributed by atoms with Gasteiger partial charge in [-0.1, -0.05) is 72.9 Å². The number of rotatable bonds is 14. The standard InChI is InChI=1S/C31H46N2.Pd/c1-7-13-15-17-31(33-29-22-26(11-5)19-27(12-6)23-29)30(16-14-8-2)32-28-20-24(9-3)18-25(10-4)21-28;/h18-23H,7-17H2,1-6H3;/b32-30+,33-31+;. The molecule has 0 amide bonds. The van der Waals surface area contributed by atoms with Crippen LogP contribution in [0, 0.1) is 0 Å². The molecule has 2 aromatic rings. The van der Waals surface area contributed by atoms with Crippen LogP contribution in [0.3, 0.4) is 0 Å². The van der Waals surface area contributed by atoms with Crippen LogP contribution in [-0.4, -0.2) is 11.4 Å². The van der Waals surface area contributed by atoms with Gasteiger partial charge in [0, 0.05) is 20.4 Å². The van der Waals surface area contributed by atoms with Gasteiger partial charge in [0.05, 0.1) is 22.8 Å². The first-order valence-corrected chi connectivity index (χ1v) is 13.5. The zero-order chi connectivity index (χ0) is 24.1. The molecule has 0 aromatic heterocycles. The number of nitrogens with zero attached hydrogens (tertiary/aromatic N) is 2. The molecule has 0 unspecified atom stereocenters. The maximum Gasteiger partial charge on any atom is 0.0639 e. The molecule has 0 bridgehead atoms. The van der Waals surface area contributed by atoms with Crippen LogP contribution in [-0.2, 0) is 46.1 Å². The molecule has 2 nitrogen and oxygen atoms in total. The van der Waals surface area contributed by atoms with E-state index >= 15 is 0 Å². The van der Waals surface area contributed by atoms with E-state index in [4.69, 9.17) is 9.98 Å². The Kier molecular flexibility index (Phi) is 15.2. The second kappa shape index (κ2) is 17.0. The Morgan fingerprint density at radius 3 is 1.18 bits per heavy atom. The molecular formula is C31H46N2Pd. The summed E-state index contributed by atoms with van der Waals surface area (Å²) in [4.78, 5) is 10.5. The van der Waals surface area contributed by atoms with Crippen molar-refractivity contribution in [3.05, 3.63) is 58.7 Å². The predicted octanol–water partition coefficient (Wildman–Crippen LogP) is 9.55. The molecule has 0 aliphatic heterocycles. The van der Waals surface area contributed by atoms with E-state index in [-0.39, 0.29) is 20.4 Å². The van der Waals surface area contributed by atoms with E-state index in [0.29, 0.717) is 0 Å². The van der Waals surface area contributed by atoms with Crippen molar-refractivity contribution in [3.63, 3.8) is 0 Å². The molecule has 0 radical (unpaired) electrons. The normalized spacial score (nSPS) is 12.1. The number of hydrogen-bond donors (Lipinski definition) is 0. The average molecular weight is 553 g/mol. The summed E-state index contributed by atoms with van der Waals surface area (Å²) < 4.78 is 0. The first-order valence-electron chi connectivity index (χ1n) is 13.5. The van der Waals surface area contributed by atoms with E-state index < -0.39 is 0 Å². The maximum atomic E-state index is 5.27. The predicted molar refractivity (Wildman–Crippen MR) is 148 cm³/mol. The summed E-state index contributed by atoms with van der Waals surface area (Å²) in [7, 11) is 0. The van der Waals surface area contributed by atoms with Crippen molar-refractivity contribution in [1.82, 2.24) is 0 Å². The van der Waals surface area contributed by atoms with E-state index in [1.807, 2.05) is 0 Å².